The summed E-state index contributed by atoms with van der Waals surface area (Å²) in [6.07, 6.45) is 2.22. The number of carbonyl (C=O) groups is 1. The molecule has 1 aliphatic rings. The van der Waals surface area contributed by atoms with Crippen LogP contribution in [0.25, 0.3) is 0 Å². The molecule has 1 aromatic rings. The molecule has 0 spiro atoms. The van der Waals surface area contributed by atoms with Crippen LogP contribution in [0.5, 0.6) is 0 Å². The summed E-state index contributed by atoms with van der Waals surface area (Å²) in [4.78, 5) is 14.6. The van der Waals surface area contributed by atoms with Crippen molar-refractivity contribution in [2.75, 3.05) is 20.1 Å². The van der Waals surface area contributed by atoms with Crippen LogP contribution in [0.4, 0.5) is 0 Å². The topological polar surface area (TPSA) is 32.3 Å². The number of amides is 1. The Bertz CT molecular complexity index is 448. The number of rotatable bonds is 3. The lowest BCUT2D eigenvalue weighted by Crippen LogP contribution is -2.41. The summed E-state index contributed by atoms with van der Waals surface area (Å²) in [6, 6.07) is 6.32. The highest BCUT2D eigenvalue weighted by Gasteiger charge is 2.29. The van der Waals surface area contributed by atoms with Gasteiger partial charge >= 0.3 is 0 Å². The molecule has 19 heavy (non-hydrogen) atoms. The molecule has 1 heterocycles. The second kappa shape index (κ2) is 6.92. The van der Waals surface area contributed by atoms with Gasteiger partial charge in [-0.25, -0.2) is 0 Å². The molecule has 4 heteroatoms. The van der Waals surface area contributed by atoms with Crippen molar-refractivity contribution in [2.24, 2.45) is 0 Å². The van der Waals surface area contributed by atoms with E-state index < -0.39 is 0 Å². The minimum atomic E-state index is 0. The van der Waals surface area contributed by atoms with E-state index >= 15 is 0 Å². The molecule has 0 bridgehead atoms. The van der Waals surface area contributed by atoms with Crippen molar-refractivity contribution in [1.29, 1.82) is 0 Å². The molecule has 1 saturated heterocycles. The molecule has 1 aliphatic heterocycles. The first-order chi connectivity index (χ1) is 8.65. The molecule has 1 fully saturated rings. The first-order valence-corrected chi connectivity index (χ1v) is 6.67. The Morgan fingerprint density at radius 3 is 2.84 bits per heavy atom. The van der Waals surface area contributed by atoms with Crippen molar-refractivity contribution in [3.05, 3.63) is 34.9 Å². The SMILES string of the molecule is CNCC1CCCN1C(=O)c1cccc(C)c1C.Cl. The molecule has 0 aromatic heterocycles. The van der Waals surface area contributed by atoms with Gasteiger partial charge in [-0.2, -0.15) is 0 Å². The van der Waals surface area contributed by atoms with E-state index in [1.54, 1.807) is 0 Å². The van der Waals surface area contributed by atoms with Crippen molar-refractivity contribution in [3.63, 3.8) is 0 Å². The third-order valence-electron chi connectivity index (χ3n) is 3.91. The number of nitrogens with zero attached hydrogens (tertiary/aromatic N) is 1. The molecule has 1 aromatic carbocycles. The fraction of sp³-hybridized carbons (Fsp3) is 0.533. The summed E-state index contributed by atoms with van der Waals surface area (Å²) >= 11 is 0. The van der Waals surface area contributed by atoms with Gasteiger partial charge in [-0.1, -0.05) is 12.1 Å². The third-order valence-corrected chi connectivity index (χ3v) is 3.91. The largest absolute Gasteiger partial charge is 0.334 e. The summed E-state index contributed by atoms with van der Waals surface area (Å²) in [5, 5.41) is 3.18. The minimum Gasteiger partial charge on any atom is -0.334 e. The van der Waals surface area contributed by atoms with Gasteiger partial charge in [0, 0.05) is 24.7 Å². The lowest BCUT2D eigenvalue weighted by atomic mass is 10.0. The smallest absolute Gasteiger partial charge is 0.254 e. The number of likely N-dealkylation sites (tertiary alicyclic amines) is 1. The molecule has 0 radical (unpaired) electrons. The van der Waals surface area contributed by atoms with Crippen LogP contribution in [0.2, 0.25) is 0 Å². The minimum absolute atomic E-state index is 0. The maximum atomic E-state index is 12.6. The summed E-state index contributed by atoms with van der Waals surface area (Å²) in [5.74, 6) is 0.189. The first kappa shape index (κ1) is 16.0. The van der Waals surface area contributed by atoms with E-state index in [0.717, 1.165) is 37.1 Å². The molecular formula is C15H23ClN2O. The van der Waals surface area contributed by atoms with Gasteiger partial charge in [0.25, 0.3) is 5.91 Å². The van der Waals surface area contributed by atoms with Gasteiger partial charge in [0.1, 0.15) is 0 Å². The number of benzene rings is 1. The van der Waals surface area contributed by atoms with E-state index in [4.69, 9.17) is 0 Å². The number of aryl methyl sites for hydroxylation is 1. The number of hydrogen-bond donors (Lipinski definition) is 1. The van der Waals surface area contributed by atoms with Crippen LogP contribution >= 0.6 is 12.4 Å². The van der Waals surface area contributed by atoms with E-state index in [0.29, 0.717) is 6.04 Å². The zero-order chi connectivity index (χ0) is 13.1. The summed E-state index contributed by atoms with van der Waals surface area (Å²) in [5.41, 5.74) is 3.15. The van der Waals surface area contributed by atoms with Crippen molar-refractivity contribution in [3.8, 4) is 0 Å². The zero-order valence-corrected chi connectivity index (χ0v) is 12.7. The van der Waals surface area contributed by atoms with Gasteiger partial charge in [0.05, 0.1) is 0 Å². The van der Waals surface area contributed by atoms with Crippen molar-refractivity contribution >= 4 is 18.3 Å². The van der Waals surface area contributed by atoms with Crippen LogP contribution in [0.1, 0.15) is 34.3 Å². The third kappa shape index (κ3) is 3.28. The maximum absolute atomic E-state index is 12.6. The molecule has 106 valence electrons. The van der Waals surface area contributed by atoms with Crippen molar-refractivity contribution in [1.82, 2.24) is 10.2 Å². The predicted molar refractivity (Wildman–Crippen MR) is 81.1 cm³/mol. The van der Waals surface area contributed by atoms with E-state index in [-0.39, 0.29) is 18.3 Å². The fourth-order valence-corrected chi connectivity index (χ4v) is 2.69. The molecule has 1 unspecified atom stereocenters. The Kier molecular flexibility index (Phi) is 5.83. The number of carbonyl (C=O) groups excluding carboxylic acids is 1. The van der Waals surface area contributed by atoms with Gasteiger partial charge in [-0.05, 0) is 50.9 Å². The summed E-state index contributed by atoms with van der Waals surface area (Å²) in [7, 11) is 1.94. The van der Waals surface area contributed by atoms with E-state index in [9.17, 15) is 4.79 Å². The standard InChI is InChI=1S/C15H22N2O.ClH/c1-11-6-4-8-14(12(11)2)15(18)17-9-5-7-13(17)10-16-3;/h4,6,8,13,16H,5,7,9-10H2,1-3H3;1H. The average Bonchev–Trinajstić information content (AvgIpc) is 2.80. The fourth-order valence-electron chi connectivity index (χ4n) is 2.69. The molecule has 1 amide bonds. The lowest BCUT2D eigenvalue weighted by molar-refractivity contribution is 0.0736. The molecule has 3 nitrogen and oxygen atoms in total. The zero-order valence-electron chi connectivity index (χ0n) is 11.9. The number of hydrogen-bond acceptors (Lipinski definition) is 2. The molecular weight excluding hydrogens is 260 g/mol. The van der Waals surface area contributed by atoms with E-state index in [2.05, 4.69) is 18.3 Å². The monoisotopic (exact) mass is 282 g/mol. The molecule has 1 atom stereocenters. The van der Waals surface area contributed by atoms with E-state index in [1.807, 2.05) is 31.0 Å². The Labute approximate surface area is 121 Å². The average molecular weight is 283 g/mol. The highest BCUT2D eigenvalue weighted by Crippen LogP contribution is 2.22. The van der Waals surface area contributed by atoms with Crippen LogP contribution in [0.3, 0.4) is 0 Å². The maximum Gasteiger partial charge on any atom is 0.254 e. The van der Waals surface area contributed by atoms with Gasteiger partial charge in [-0.3, -0.25) is 4.79 Å². The first-order valence-electron chi connectivity index (χ1n) is 6.67. The van der Waals surface area contributed by atoms with Gasteiger partial charge < -0.3 is 10.2 Å². The molecule has 1 N–H and O–H groups in total. The Morgan fingerprint density at radius 2 is 2.16 bits per heavy atom. The van der Waals surface area contributed by atoms with Crippen LogP contribution in [0, 0.1) is 13.8 Å². The molecule has 2 rings (SSSR count). The quantitative estimate of drug-likeness (QED) is 0.924. The highest BCUT2D eigenvalue weighted by molar-refractivity contribution is 5.96. The van der Waals surface area contributed by atoms with Gasteiger partial charge in [0.2, 0.25) is 0 Å². The normalized spacial score (nSPS) is 18.3. The summed E-state index contributed by atoms with van der Waals surface area (Å²) in [6.45, 7) is 5.86. The Balaban J connectivity index is 0.00000180. The second-order valence-electron chi connectivity index (χ2n) is 5.10. The van der Waals surface area contributed by atoms with Crippen molar-refractivity contribution < 1.29 is 4.79 Å². The van der Waals surface area contributed by atoms with Crippen LogP contribution in [0.15, 0.2) is 18.2 Å². The number of likely N-dealkylation sites (N-methyl/N-ethyl adjacent to an activating group) is 1. The Morgan fingerprint density at radius 1 is 1.42 bits per heavy atom. The Hall–Kier alpha value is -1.06. The predicted octanol–water partition coefficient (Wildman–Crippen LogP) is 2.55. The van der Waals surface area contributed by atoms with Gasteiger partial charge in [-0.15, -0.1) is 12.4 Å². The van der Waals surface area contributed by atoms with Crippen molar-refractivity contribution in [2.45, 2.75) is 32.7 Å². The lowest BCUT2D eigenvalue weighted by Gasteiger charge is -2.25. The van der Waals surface area contributed by atoms with Gasteiger partial charge in [0.15, 0.2) is 0 Å². The van der Waals surface area contributed by atoms with Crippen LogP contribution in [-0.4, -0.2) is 37.0 Å². The second-order valence-corrected chi connectivity index (χ2v) is 5.10. The highest BCUT2D eigenvalue weighted by atomic mass is 35.5. The number of nitrogens with one attached hydrogen (secondary N) is 1. The summed E-state index contributed by atoms with van der Waals surface area (Å²) < 4.78 is 0. The van der Waals surface area contributed by atoms with E-state index in [1.165, 1.54) is 5.56 Å². The van der Waals surface area contributed by atoms with Crippen LogP contribution < -0.4 is 5.32 Å². The molecule has 0 aliphatic carbocycles. The molecule has 0 saturated carbocycles. The number of halogens is 1. The van der Waals surface area contributed by atoms with Crippen LogP contribution in [-0.2, 0) is 0 Å².